The molecule has 2 fully saturated rings. The molecule has 2 aromatic rings. The fraction of sp³-hybridized carbons (Fsp3) is 0.526. The summed E-state index contributed by atoms with van der Waals surface area (Å²) in [6.07, 6.45) is 11.1. The molecule has 4 nitrogen and oxygen atoms in total. The van der Waals surface area contributed by atoms with E-state index in [0.29, 0.717) is 5.54 Å². The van der Waals surface area contributed by atoms with Gasteiger partial charge in [-0.05, 0) is 25.0 Å². The maximum atomic E-state index is 4.56. The summed E-state index contributed by atoms with van der Waals surface area (Å²) in [6.45, 7) is 4.43. The number of benzene rings is 1. The molecule has 23 heavy (non-hydrogen) atoms. The van der Waals surface area contributed by atoms with Crippen molar-refractivity contribution in [3.05, 3.63) is 48.3 Å². The first-order chi connectivity index (χ1) is 11.4. The summed E-state index contributed by atoms with van der Waals surface area (Å²) < 4.78 is 1.99. The molecule has 1 aliphatic heterocycles. The Labute approximate surface area is 138 Å². The van der Waals surface area contributed by atoms with Crippen molar-refractivity contribution in [3.63, 3.8) is 0 Å². The Morgan fingerprint density at radius 1 is 1.09 bits per heavy atom. The van der Waals surface area contributed by atoms with E-state index in [-0.39, 0.29) is 0 Å². The van der Waals surface area contributed by atoms with Crippen LogP contribution in [0.2, 0.25) is 0 Å². The van der Waals surface area contributed by atoms with Crippen LogP contribution in [0.5, 0.6) is 0 Å². The van der Waals surface area contributed by atoms with Gasteiger partial charge in [0.25, 0.3) is 0 Å². The zero-order valence-electron chi connectivity index (χ0n) is 13.7. The van der Waals surface area contributed by atoms with Gasteiger partial charge in [0.2, 0.25) is 0 Å². The number of piperazine rings is 1. The van der Waals surface area contributed by atoms with Gasteiger partial charge in [-0.15, -0.1) is 0 Å². The van der Waals surface area contributed by atoms with Crippen LogP contribution in [0, 0.1) is 0 Å². The first-order valence-corrected chi connectivity index (χ1v) is 8.91. The van der Waals surface area contributed by atoms with Crippen LogP contribution in [0.4, 0.5) is 0 Å². The zero-order chi connectivity index (χ0) is 15.5. The summed E-state index contributed by atoms with van der Waals surface area (Å²) >= 11 is 0. The second-order valence-electron chi connectivity index (χ2n) is 7.01. The van der Waals surface area contributed by atoms with Crippen molar-refractivity contribution in [1.29, 1.82) is 0 Å². The van der Waals surface area contributed by atoms with Gasteiger partial charge in [0, 0.05) is 43.5 Å². The molecule has 2 heterocycles. The maximum Gasteiger partial charge on any atom is 0.0645 e. The van der Waals surface area contributed by atoms with E-state index in [1.807, 2.05) is 16.9 Å². The SMILES string of the molecule is c1ccc(-n2cc(CN3CCNCC34CCCCC4)cn2)cc1. The van der Waals surface area contributed by atoms with Gasteiger partial charge in [0.05, 0.1) is 11.9 Å². The Morgan fingerprint density at radius 3 is 2.74 bits per heavy atom. The minimum atomic E-state index is 0.380. The third kappa shape index (κ3) is 3.06. The lowest BCUT2D eigenvalue weighted by Crippen LogP contribution is -2.61. The molecule has 1 aromatic heterocycles. The Balaban J connectivity index is 1.51. The fourth-order valence-corrected chi connectivity index (χ4v) is 4.22. The highest BCUT2D eigenvalue weighted by molar-refractivity contribution is 5.30. The Hall–Kier alpha value is -1.65. The van der Waals surface area contributed by atoms with Gasteiger partial charge in [-0.3, -0.25) is 4.90 Å². The lowest BCUT2D eigenvalue weighted by atomic mass is 9.79. The minimum Gasteiger partial charge on any atom is -0.314 e. The van der Waals surface area contributed by atoms with Gasteiger partial charge in [0.1, 0.15) is 0 Å². The molecule has 0 radical (unpaired) electrons. The summed E-state index contributed by atoms with van der Waals surface area (Å²) in [5, 5.41) is 8.19. The maximum absolute atomic E-state index is 4.56. The number of nitrogens with zero attached hydrogens (tertiary/aromatic N) is 3. The number of nitrogens with one attached hydrogen (secondary N) is 1. The molecule has 1 saturated carbocycles. The van der Waals surface area contributed by atoms with Gasteiger partial charge in [0.15, 0.2) is 0 Å². The largest absolute Gasteiger partial charge is 0.314 e. The van der Waals surface area contributed by atoms with E-state index >= 15 is 0 Å². The van der Waals surface area contributed by atoms with Crippen LogP contribution < -0.4 is 5.32 Å². The van der Waals surface area contributed by atoms with Gasteiger partial charge in [-0.1, -0.05) is 37.5 Å². The lowest BCUT2D eigenvalue weighted by molar-refractivity contribution is 0.0209. The molecule has 1 spiro atoms. The highest BCUT2D eigenvalue weighted by Gasteiger charge is 2.39. The quantitative estimate of drug-likeness (QED) is 0.946. The monoisotopic (exact) mass is 310 g/mol. The third-order valence-corrected chi connectivity index (χ3v) is 5.50. The Bertz CT molecular complexity index is 620. The van der Waals surface area contributed by atoms with Crippen LogP contribution >= 0.6 is 0 Å². The predicted molar refractivity (Wildman–Crippen MR) is 92.7 cm³/mol. The molecule has 122 valence electrons. The van der Waals surface area contributed by atoms with Crippen LogP contribution in [0.15, 0.2) is 42.7 Å². The lowest BCUT2D eigenvalue weighted by Gasteiger charge is -2.49. The fourth-order valence-electron chi connectivity index (χ4n) is 4.22. The predicted octanol–water partition coefficient (Wildman–Crippen LogP) is 2.98. The van der Waals surface area contributed by atoms with E-state index in [1.165, 1.54) is 37.7 Å². The van der Waals surface area contributed by atoms with Crippen molar-refractivity contribution in [2.24, 2.45) is 0 Å². The number of para-hydroxylation sites is 1. The van der Waals surface area contributed by atoms with Crippen molar-refractivity contribution in [2.45, 2.75) is 44.2 Å². The molecule has 2 aliphatic rings. The molecule has 4 heteroatoms. The summed E-state index contributed by atoms with van der Waals surface area (Å²) in [4.78, 5) is 2.72. The van der Waals surface area contributed by atoms with Crippen LogP contribution in [0.1, 0.15) is 37.7 Å². The van der Waals surface area contributed by atoms with Crippen LogP contribution in [-0.4, -0.2) is 39.9 Å². The van der Waals surface area contributed by atoms with E-state index in [1.54, 1.807) is 0 Å². The topological polar surface area (TPSA) is 33.1 Å². The average Bonchev–Trinajstić information content (AvgIpc) is 3.07. The molecule has 0 unspecified atom stereocenters. The van der Waals surface area contributed by atoms with E-state index in [0.717, 1.165) is 31.9 Å². The van der Waals surface area contributed by atoms with Gasteiger partial charge < -0.3 is 5.32 Å². The van der Waals surface area contributed by atoms with E-state index in [9.17, 15) is 0 Å². The highest BCUT2D eigenvalue weighted by Crippen LogP contribution is 2.35. The molecule has 1 saturated heterocycles. The highest BCUT2D eigenvalue weighted by atomic mass is 15.3. The van der Waals surface area contributed by atoms with Crippen molar-refractivity contribution in [3.8, 4) is 5.69 Å². The summed E-state index contributed by atoms with van der Waals surface area (Å²) in [5.41, 5.74) is 2.83. The van der Waals surface area contributed by atoms with Crippen molar-refractivity contribution in [2.75, 3.05) is 19.6 Å². The molecule has 1 aromatic carbocycles. The molecule has 0 bridgehead atoms. The minimum absolute atomic E-state index is 0.380. The first-order valence-electron chi connectivity index (χ1n) is 8.91. The van der Waals surface area contributed by atoms with Crippen LogP contribution in [0.3, 0.4) is 0 Å². The Kier molecular flexibility index (Phi) is 4.19. The van der Waals surface area contributed by atoms with E-state index in [4.69, 9.17) is 0 Å². The van der Waals surface area contributed by atoms with Gasteiger partial charge in [-0.25, -0.2) is 4.68 Å². The molecular weight excluding hydrogens is 284 g/mol. The van der Waals surface area contributed by atoms with E-state index < -0.39 is 0 Å². The van der Waals surface area contributed by atoms with Crippen molar-refractivity contribution in [1.82, 2.24) is 20.0 Å². The van der Waals surface area contributed by atoms with E-state index in [2.05, 4.69) is 45.8 Å². The second-order valence-corrected chi connectivity index (χ2v) is 7.01. The standard InChI is InChI=1S/C19H26N4/c1-3-7-18(8-4-1)23-15-17(13-21-23)14-22-12-11-20-16-19(22)9-5-2-6-10-19/h1,3-4,7-8,13,15,20H,2,5-6,9-12,14,16H2. The third-order valence-electron chi connectivity index (χ3n) is 5.50. The normalized spacial score (nSPS) is 21.6. The number of hydrogen-bond acceptors (Lipinski definition) is 3. The Morgan fingerprint density at radius 2 is 1.91 bits per heavy atom. The van der Waals surface area contributed by atoms with Crippen molar-refractivity contribution >= 4 is 0 Å². The molecular formula is C19H26N4. The number of aromatic nitrogens is 2. The first kappa shape index (κ1) is 14.9. The van der Waals surface area contributed by atoms with Gasteiger partial charge in [-0.2, -0.15) is 5.10 Å². The van der Waals surface area contributed by atoms with Gasteiger partial charge >= 0.3 is 0 Å². The smallest absolute Gasteiger partial charge is 0.0645 e. The van der Waals surface area contributed by atoms with Crippen molar-refractivity contribution < 1.29 is 0 Å². The number of rotatable bonds is 3. The van der Waals surface area contributed by atoms with Crippen LogP contribution in [0.25, 0.3) is 5.69 Å². The second kappa shape index (κ2) is 6.46. The summed E-state index contributed by atoms with van der Waals surface area (Å²) in [7, 11) is 0. The molecule has 4 rings (SSSR count). The molecule has 0 atom stereocenters. The number of hydrogen-bond donors (Lipinski definition) is 1. The molecule has 0 amide bonds. The van der Waals surface area contributed by atoms with Crippen LogP contribution in [-0.2, 0) is 6.54 Å². The molecule has 1 N–H and O–H groups in total. The zero-order valence-corrected chi connectivity index (χ0v) is 13.7. The average molecular weight is 310 g/mol. The summed E-state index contributed by atoms with van der Waals surface area (Å²) in [5.74, 6) is 0. The molecule has 1 aliphatic carbocycles. The summed E-state index contributed by atoms with van der Waals surface area (Å²) in [6, 6.07) is 10.4.